The Morgan fingerprint density at radius 2 is 2.42 bits per heavy atom. The molecule has 6 nitrogen and oxygen atoms in total. The number of amides is 2. The molecule has 1 aliphatic rings. The van der Waals surface area contributed by atoms with Crippen molar-refractivity contribution in [3.63, 3.8) is 0 Å². The number of urea groups is 1. The van der Waals surface area contributed by atoms with Crippen LogP contribution in [-0.2, 0) is 11.3 Å². The minimum absolute atomic E-state index is 0.347. The summed E-state index contributed by atoms with van der Waals surface area (Å²) in [5, 5.41) is 11.8. The van der Waals surface area contributed by atoms with Crippen molar-refractivity contribution >= 4 is 23.8 Å². The number of rotatable bonds is 3. The largest absolute Gasteiger partial charge is 0.480 e. The molecule has 0 radical (unpaired) electrons. The molecular formula is C12H15N3O3S. The van der Waals surface area contributed by atoms with E-state index in [-0.39, 0.29) is 6.03 Å². The van der Waals surface area contributed by atoms with E-state index in [2.05, 4.69) is 10.3 Å². The fourth-order valence-electron chi connectivity index (χ4n) is 1.80. The van der Waals surface area contributed by atoms with E-state index in [4.69, 9.17) is 5.11 Å². The maximum atomic E-state index is 12.0. The lowest BCUT2D eigenvalue weighted by molar-refractivity contribution is -0.140. The van der Waals surface area contributed by atoms with Crippen LogP contribution in [0.3, 0.4) is 0 Å². The number of carboxylic acids is 1. The predicted octanol–water partition coefficient (Wildman–Crippen LogP) is 1.06. The first-order valence-electron chi connectivity index (χ1n) is 5.84. The number of pyridine rings is 1. The first kappa shape index (κ1) is 13.7. The summed E-state index contributed by atoms with van der Waals surface area (Å²) in [4.78, 5) is 28.3. The second kappa shape index (κ2) is 5.92. The van der Waals surface area contributed by atoms with E-state index >= 15 is 0 Å². The van der Waals surface area contributed by atoms with Gasteiger partial charge in [0, 0.05) is 24.7 Å². The molecule has 0 spiro atoms. The maximum absolute atomic E-state index is 12.0. The number of aryl methyl sites for hydroxylation is 1. The molecule has 1 fully saturated rings. The third-order valence-electron chi connectivity index (χ3n) is 3.01. The summed E-state index contributed by atoms with van der Waals surface area (Å²) in [6.07, 6.45) is 3.39. The Kier molecular flexibility index (Phi) is 4.26. The number of carbonyl (C=O) groups excluding carboxylic acids is 1. The minimum Gasteiger partial charge on any atom is -0.480 e. The van der Waals surface area contributed by atoms with Gasteiger partial charge in [0.2, 0.25) is 0 Å². The van der Waals surface area contributed by atoms with Crippen LogP contribution >= 0.6 is 11.8 Å². The Hall–Kier alpha value is -1.76. The number of hydrogen-bond donors (Lipinski definition) is 2. The summed E-state index contributed by atoms with van der Waals surface area (Å²) in [5.74, 6) is -0.110. The van der Waals surface area contributed by atoms with Gasteiger partial charge in [0.1, 0.15) is 6.04 Å². The van der Waals surface area contributed by atoms with Gasteiger partial charge in [0.15, 0.2) is 0 Å². The van der Waals surface area contributed by atoms with E-state index in [1.54, 1.807) is 12.4 Å². The van der Waals surface area contributed by atoms with Gasteiger partial charge in [-0.05, 0) is 24.1 Å². The lowest BCUT2D eigenvalue weighted by atomic mass is 10.2. The van der Waals surface area contributed by atoms with E-state index in [1.807, 2.05) is 13.0 Å². The minimum atomic E-state index is -0.960. The SMILES string of the molecule is Cc1ccncc1CNC(=O)N1CSCC1C(=O)O. The second-order valence-corrected chi connectivity index (χ2v) is 5.28. The Labute approximate surface area is 115 Å². The quantitative estimate of drug-likeness (QED) is 0.865. The van der Waals surface area contributed by atoms with Crippen molar-refractivity contribution in [1.29, 1.82) is 0 Å². The number of thioether (sulfide) groups is 1. The number of nitrogens with zero attached hydrogens (tertiary/aromatic N) is 2. The number of carbonyl (C=O) groups is 2. The van der Waals surface area contributed by atoms with Crippen molar-refractivity contribution in [1.82, 2.24) is 15.2 Å². The zero-order valence-electron chi connectivity index (χ0n) is 10.5. The van der Waals surface area contributed by atoms with Crippen LogP contribution in [0.15, 0.2) is 18.5 Å². The average Bonchev–Trinajstić information content (AvgIpc) is 2.87. The topological polar surface area (TPSA) is 82.5 Å². The molecular weight excluding hydrogens is 266 g/mol. The Bertz CT molecular complexity index is 495. The number of aromatic nitrogens is 1. The third-order valence-corrected chi connectivity index (χ3v) is 4.02. The van der Waals surface area contributed by atoms with Gasteiger partial charge in [-0.3, -0.25) is 4.98 Å². The van der Waals surface area contributed by atoms with E-state index in [0.29, 0.717) is 18.2 Å². The lowest BCUT2D eigenvalue weighted by Gasteiger charge is -2.21. The molecule has 7 heteroatoms. The zero-order valence-corrected chi connectivity index (χ0v) is 11.3. The molecule has 2 heterocycles. The van der Waals surface area contributed by atoms with E-state index in [1.165, 1.54) is 16.7 Å². The number of carboxylic acid groups (broad SMARTS) is 1. The average molecular weight is 281 g/mol. The van der Waals surface area contributed by atoms with Gasteiger partial charge in [0.05, 0.1) is 5.88 Å². The summed E-state index contributed by atoms with van der Waals surface area (Å²) in [7, 11) is 0. The first-order chi connectivity index (χ1) is 9.09. The van der Waals surface area contributed by atoms with Crippen LogP contribution in [-0.4, -0.2) is 44.7 Å². The van der Waals surface area contributed by atoms with E-state index < -0.39 is 12.0 Å². The van der Waals surface area contributed by atoms with E-state index in [0.717, 1.165) is 11.1 Å². The van der Waals surface area contributed by atoms with Crippen LogP contribution < -0.4 is 5.32 Å². The molecule has 0 aromatic carbocycles. The van der Waals surface area contributed by atoms with Gasteiger partial charge in [-0.1, -0.05) is 0 Å². The summed E-state index contributed by atoms with van der Waals surface area (Å²) < 4.78 is 0. The molecule has 0 saturated carbocycles. The fraction of sp³-hybridized carbons (Fsp3) is 0.417. The highest BCUT2D eigenvalue weighted by Crippen LogP contribution is 2.21. The van der Waals surface area contributed by atoms with Crippen molar-refractivity contribution < 1.29 is 14.7 Å². The standard InChI is InChI=1S/C12H15N3O3S/c1-8-2-3-13-4-9(8)5-14-12(18)15-7-19-6-10(15)11(16)17/h2-4,10H,5-7H2,1H3,(H,14,18)(H,16,17). The van der Waals surface area contributed by atoms with Crippen LogP contribution in [0.25, 0.3) is 0 Å². The first-order valence-corrected chi connectivity index (χ1v) is 6.99. The van der Waals surface area contributed by atoms with E-state index in [9.17, 15) is 9.59 Å². The molecule has 1 aliphatic heterocycles. The second-order valence-electron chi connectivity index (χ2n) is 4.28. The molecule has 102 valence electrons. The van der Waals surface area contributed by atoms with Crippen LogP contribution in [0, 0.1) is 6.92 Å². The Balaban J connectivity index is 1.95. The van der Waals surface area contributed by atoms with Crippen molar-refractivity contribution in [3.8, 4) is 0 Å². The van der Waals surface area contributed by atoms with Gasteiger partial charge in [0.25, 0.3) is 0 Å². The fourth-order valence-corrected chi connectivity index (χ4v) is 2.95. The molecule has 1 atom stereocenters. The van der Waals surface area contributed by atoms with Gasteiger partial charge >= 0.3 is 12.0 Å². The Morgan fingerprint density at radius 3 is 3.11 bits per heavy atom. The van der Waals surface area contributed by atoms with Crippen LogP contribution in [0.5, 0.6) is 0 Å². The molecule has 2 amide bonds. The van der Waals surface area contributed by atoms with Crippen molar-refractivity contribution in [2.45, 2.75) is 19.5 Å². The Morgan fingerprint density at radius 1 is 1.63 bits per heavy atom. The smallest absolute Gasteiger partial charge is 0.327 e. The van der Waals surface area contributed by atoms with Crippen LogP contribution in [0.4, 0.5) is 4.79 Å². The summed E-state index contributed by atoms with van der Waals surface area (Å²) in [6, 6.07) is 0.786. The molecule has 2 N–H and O–H groups in total. The van der Waals surface area contributed by atoms with Gasteiger partial charge < -0.3 is 15.3 Å². The number of aliphatic carboxylic acids is 1. The molecule has 1 saturated heterocycles. The summed E-state index contributed by atoms with van der Waals surface area (Å²) in [6.45, 7) is 2.29. The molecule has 1 aromatic rings. The highest BCUT2D eigenvalue weighted by atomic mass is 32.2. The monoisotopic (exact) mass is 281 g/mol. The molecule has 0 aliphatic carbocycles. The number of nitrogens with one attached hydrogen (secondary N) is 1. The molecule has 2 rings (SSSR count). The highest BCUT2D eigenvalue weighted by molar-refractivity contribution is 7.99. The normalized spacial score (nSPS) is 18.4. The zero-order chi connectivity index (χ0) is 13.8. The van der Waals surface area contributed by atoms with Gasteiger partial charge in [-0.15, -0.1) is 11.8 Å². The maximum Gasteiger partial charge on any atom is 0.327 e. The molecule has 19 heavy (non-hydrogen) atoms. The predicted molar refractivity (Wildman–Crippen MR) is 71.8 cm³/mol. The van der Waals surface area contributed by atoms with Gasteiger partial charge in [-0.25, -0.2) is 9.59 Å². The third kappa shape index (κ3) is 3.17. The van der Waals surface area contributed by atoms with Crippen LogP contribution in [0.2, 0.25) is 0 Å². The van der Waals surface area contributed by atoms with Crippen molar-refractivity contribution in [3.05, 3.63) is 29.6 Å². The van der Waals surface area contributed by atoms with Gasteiger partial charge in [-0.2, -0.15) is 0 Å². The molecule has 1 aromatic heterocycles. The summed E-state index contributed by atoms with van der Waals surface area (Å²) in [5.41, 5.74) is 1.97. The number of hydrogen-bond acceptors (Lipinski definition) is 4. The molecule has 1 unspecified atom stereocenters. The molecule has 0 bridgehead atoms. The van der Waals surface area contributed by atoms with Crippen LogP contribution in [0.1, 0.15) is 11.1 Å². The van der Waals surface area contributed by atoms with Crippen molar-refractivity contribution in [2.75, 3.05) is 11.6 Å². The van der Waals surface area contributed by atoms with Crippen molar-refractivity contribution in [2.24, 2.45) is 0 Å². The summed E-state index contributed by atoms with van der Waals surface area (Å²) >= 11 is 1.44. The lowest BCUT2D eigenvalue weighted by Crippen LogP contribution is -2.46. The highest BCUT2D eigenvalue weighted by Gasteiger charge is 2.34.